The van der Waals surface area contributed by atoms with Crippen molar-refractivity contribution >= 4 is 11.4 Å². The van der Waals surface area contributed by atoms with Gasteiger partial charge in [-0.2, -0.15) is 0 Å². The second-order valence-electron chi connectivity index (χ2n) is 5.46. The van der Waals surface area contributed by atoms with E-state index in [2.05, 4.69) is 54.6 Å². The molecule has 0 atom stereocenters. The van der Waals surface area contributed by atoms with E-state index in [1.165, 1.54) is 22.3 Å². The Morgan fingerprint density at radius 1 is 0.571 bits per heavy atom. The first-order valence-electron chi connectivity index (χ1n) is 7.09. The number of hydrogen-bond acceptors (Lipinski definition) is 2. The summed E-state index contributed by atoms with van der Waals surface area (Å²) in [6.45, 7) is 0. The number of benzene rings is 3. The molecule has 0 saturated carbocycles. The highest BCUT2D eigenvalue weighted by atomic mass is 14.7. The second kappa shape index (κ2) is 4.38. The highest BCUT2D eigenvalue weighted by Crippen LogP contribution is 2.49. The number of nitrogens with two attached hydrogens (primary N) is 2. The largest absolute Gasteiger partial charge is 0.397 e. The van der Waals surface area contributed by atoms with Crippen LogP contribution in [0.1, 0.15) is 22.6 Å². The van der Waals surface area contributed by atoms with Gasteiger partial charge in [-0.1, -0.05) is 60.7 Å². The summed E-state index contributed by atoms with van der Waals surface area (Å²) in [7, 11) is 0. The van der Waals surface area contributed by atoms with Crippen molar-refractivity contribution in [2.75, 3.05) is 11.5 Å². The molecule has 0 aliphatic heterocycles. The number of hydrogen-bond donors (Lipinski definition) is 2. The van der Waals surface area contributed by atoms with E-state index in [1.54, 1.807) is 0 Å². The van der Waals surface area contributed by atoms with Gasteiger partial charge in [0.25, 0.3) is 0 Å². The fraction of sp³-hybridized carbons (Fsp3) is 0.0526. The summed E-state index contributed by atoms with van der Waals surface area (Å²) in [5, 5.41) is 0. The van der Waals surface area contributed by atoms with E-state index in [9.17, 15) is 0 Å². The third kappa shape index (κ3) is 1.66. The van der Waals surface area contributed by atoms with Crippen LogP contribution in [0.3, 0.4) is 0 Å². The van der Waals surface area contributed by atoms with Gasteiger partial charge in [0.2, 0.25) is 0 Å². The van der Waals surface area contributed by atoms with Gasteiger partial charge in [0.15, 0.2) is 0 Å². The van der Waals surface area contributed by atoms with Gasteiger partial charge in [-0.25, -0.2) is 0 Å². The molecule has 0 saturated heterocycles. The zero-order chi connectivity index (χ0) is 14.4. The Morgan fingerprint density at radius 3 is 1.71 bits per heavy atom. The molecule has 0 spiro atoms. The molecule has 1 aliphatic rings. The summed E-state index contributed by atoms with van der Waals surface area (Å²) in [4.78, 5) is 0. The Bertz CT molecular complexity index is 791. The van der Waals surface area contributed by atoms with Gasteiger partial charge in [0, 0.05) is 5.92 Å². The molecule has 0 fully saturated rings. The minimum absolute atomic E-state index is 0.167. The first-order chi connectivity index (χ1) is 10.3. The van der Waals surface area contributed by atoms with Crippen LogP contribution in [-0.4, -0.2) is 0 Å². The molecule has 0 heterocycles. The molecule has 0 unspecified atom stereocenters. The fourth-order valence-electron chi connectivity index (χ4n) is 3.34. The van der Waals surface area contributed by atoms with Crippen molar-refractivity contribution in [3.8, 4) is 11.1 Å². The molecule has 0 amide bonds. The SMILES string of the molecule is Nc1cccc(C2c3ccccc3-c3ccccc32)c1N. The molecule has 4 rings (SSSR count). The lowest BCUT2D eigenvalue weighted by molar-refractivity contribution is 1.02. The number of rotatable bonds is 1. The lowest BCUT2D eigenvalue weighted by Crippen LogP contribution is -2.05. The first kappa shape index (κ1) is 12.0. The molecule has 2 nitrogen and oxygen atoms in total. The van der Waals surface area contributed by atoms with Gasteiger partial charge in [-0.05, 0) is 33.9 Å². The summed E-state index contributed by atoms with van der Waals surface area (Å²) in [5.41, 5.74) is 19.9. The van der Waals surface area contributed by atoms with Crippen molar-refractivity contribution in [2.45, 2.75) is 5.92 Å². The maximum atomic E-state index is 6.25. The average molecular weight is 272 g/mol. The van der Waals surface area contributed by atoms with Gasteiger partial charge < -0.3 is 11.5 Å². The lowest BCUT2D eigenvalue weighted by Gasteiger charge is -2.17. The molecular weight excluding hydrogens is 256 g/mol. The van der Waals surface area contributed by atoms with Crippen LogP contribution in [-0.2, 0) is 0 Å². The molecule has 102 valence electrons. The molecule has 1 aliphatic carbocycles. The van der Waals surface area contributed by atoms with Crippen LogP contribution in [0.25, 0.3) is 11.1 Å². The van der Waals surface area contributed by atoms with Crippen LogP contribution in [0, 0.1) is 0 Å². The minimum Gasteiger partial charge on any atom is -0.397 e. The van der Waals surface area contributed by atoms with E-state index >= 15 is 0 Å². The van der Waals surface area contributed by atoms with E-state index in [0.29, 0.717) is 11.4 Å². The predicted octanol–water partition coefficient (Wildman–Crippen LogP) is 4.01. The van der Waals surface area contributed by atoms with E-state index in [0.717, 1.165) is 5.56 Å². The van der Waals surface area contributed by atoms with Crippen LogP contribution in [0.15, 0.2) is 66.7 Å². The Morgan fingerprint density at radius 2 is 1.10 bits per heavy atom. The lowest BCUT2D eigenvalue weighted by atomic mass is 9.88. The molecule has 3 aromatic carbocycles. The zero-order valence-corrected chi connectivity index (χ0v) is 11.6. The Balaban J connectivity index is 2.03. The van der Waals surface area contributed by atoms with Crippen molar-refractivity contribution in [2.24, 2.45) is 0 Å². The number of fused-ring (bicyclic) bond motifs is 3. The maximum absolute atomic E-state index is 6.25. The molecule has 0 aromatic heterocycles. The summed E-state index contributed by atoms with van der Waals surface area (Å²) >= 11 is 0. The van der Waals surface area contributed by atoms with Gasteiger partial charge in [-0.15, -0.1) is 0 Å². The number of nitrogen functional groups attached to an aromatic ring is 2. The molecule has 2 heteroatoms. The molecule has 3 aromatic rings. The maximum Gasteiger partial charge on any atom is 0.0590 e. The first-order valence-corrected chi connectivity index (χ1v) is 7.09. The monoisotopic (exact) mass is 272 g/mol. The second-order valence-corrected chi connectivity index (χ2v) is 5.46. The molecule has 4 N–H and O–H groups in total. The topological polar surface area (TPSA) is 52.0 Å². The van der Waals surface area contributed by atoms with Crippen LogP contribution < -0.4 is 11.5 Å². The van der Waals surface area contributed by atoms with E-state index in [-0.39, 0.29) is 5.92 Å². The minimum atomic E-state index is 0.167. The number of anilines is 2. The Hall–Kier alpha value is -2.74. The Labute approximate surface area is 124 Å². The van der Waals surface area contributed by atoms with Gasteiger partial charge in [0.1, 0.15) is 0 Å². The van der Waals surface area contributed by atoms with Crippen molar-refractivity contribution < 1.29 is 0 Å². The van der Waals surface area contributed by atoms with Crippen molar-refractivity contribution in [1.82, 2.24) is 0 Å². The Kier molecular flexibility index (Phi) is 2.51. The van der Waals surface area contributed by atoms with Crippen LogP contribution in [0.2, 0.25) is 0 Å². The van der Waals surface area contributed by atoms with E-state index < -0.39 is 0 Å². The molecule has 0 radical (unpaired) electrons. The smallest absolute Gasteiger partial charge is 0.0590 e. The molecule has 0 bridgehead atoms. The van der Waals surface area contributed by atoms with Gasteiger partial charge in [-0.3, -0.25) is 0 Å². The zero-order valence-electron chi connectivity index (χ0n) is 11.6. The summed E-state index contributed by atoms with van der Waals surface area (Å²) < 4.78 is 0. The summed E-state index contributed by atoms with van der Waals surface area (Å²) in [5.74, 6) is 0.167. The van der Waals surface area contributed by atoms with Gasteiger partial charge >= 0.3 is 0 Å². The quantitative estimate of drug-likeness (QED) is 0.514. The highest BCUT2D eigenvalue weighted by Gasteiger charge is 2.30. The van der Waals surface area contributed by atoms with Crippen LogP contribution in [0.5, 0.6) is 0 Å². The van der Waals surface area contributed by atoms with Crippen molar-refractivity contribution in [1.29, 1.82) is 0 Å². The standard InChI is InChI=1S/C19H16N2/c20-17-11-5-10-16(19(17)21)18-14-8-3-1-6-12(14)13-7-2-4-9-15(13)18/h1-11,18H,20-21H2. The van der Waals surface area contributed by atoms with Gasteiger partial charge in [0.05, 0.1) is 11.4 Å². The van der Waals surface area contributed by atoms with Crippen LogP contribution >= 0.6 is 0 Å². The third-order valence-electron chi connectivity index (χ3n) is 4.32. The fourth-order valence-corrected chi connectivity index (χ4v) is 3.34. The van der Waals surface area contributed by atoms with Crippen molar-refractivity contribution in [3.63, 3.8) is 0 Å². The highest BCUT2D eigenvalue weighted by molar-refractivity contribution is 5.83. The molecular formula is C19H16N2. The van der Waals surface area contributed by atoms with E-state index in [4.69, 9.17) is 11.5 Å². The third-order valence-corrected chi connectivity index (χ3v) is 4.32. The van der Waals surface area contributed by atoms with Crippen molar-refractivity contribution in [3.05, 3.63) is 83.4 Å². The number of para-hydroxylation sites is 1. The van der Waals surface area contributed by atoms with Crippen LogP contribution in [0.4, 0.5) is 11.4 Å². The predicted molar refractivity (Wildman–Crippen MR) is 88.1 cm³/mol. The average Bonchev–Trinajstić information content (AvgIpc) is 2.85. The van der Waals surface area contributed by atoms with E-state index in [1.807, 2.05) is 12.1 Å². The summed E-state index contributed by atoms with van der Waals surface area (Å²) in [6.07, 6.45) is 0. The summed E-state index contributed by atoms with van der Waals surface area (Å²) in [6, 6.07) is 23.0. The molecule has 21 heavy (non-hydrogen) atoms. The normalized spacial score (nSPS) is 13.0.